The SMILES string of the molecule is C=C[C@H](NC(C)=O)[C@H](O)CCCOCc1ccccc1. The Morgan fingerprint density at radius 1 is 1.45 bits per heavy atom. The largest absolute Gasteiger partial charge is 0.391 e. The van der Waals surface area contributed by atoms with Gasteiger partial charge in [-0.05, 0) is 18.4 Å². The lowest BCUT2D eigenvalue weighted by Crippen LogP contribution is -2.40. The van der Waals surface area contributed by atoms with Crippen LogP contribution in [0.2, 0.25) is 0 Å². The van der Waals surface area contributed by atoms with Gasteiger partial charge in [0, 0.05) is 13.5 Å². The molecule has 20 heavy (non-hydrogen) atoms. The maximum atomic E-state index is 11.0. The highest BCUT2D eigenvalue weighted by molar-refractivity contribution is 5.73. The average molecular weight is 277 g/mol. The molecule has 1 amide bonds. The van der Waals surface area contributed by atoms with E-state index in [0.717, 1.165) is 12.0 Å². The Morgan fingerprint density at radius 2 is 2.15 bits per heavy atom. The molecular formula is C16H23NO3. The van der Waals surface area contributed by atoms with Crippen molar-refractivity contribution in [3.8, 4) is 0 Å². The molecule has 1 aromatic rings. The van der Waals surface area contributed by atoms with Gasteiger partial charge in [0.2, 0.25) is 5.91 Å². The van der Waals surface area contributed by atoms with Crippen LogP contribution in [0.15, 0.2) is 43.0 Å². The maximum absolute atomic E-state index is 11.0. The first kappa shape index (κ1) is 16.4. The van der Waals surface area contributed by atoms with Crippen LogP contribution in [0.25, 0.3) is 0 Å². The summed E-state index contributed by atoms with van der Waals surface area (Å²) in [6, 6.07) is 9.55. The Balaban J connectivity index is 2.16. The number of ether oxygens (including phenoxy) is 1. The number of hydrogen-bond donors (Lipinski definition) is 2. The molecule has 2 N–H and O–H groups in total. The summed E-state index contributed by atoms with van der Waals surface area (Å²) >= 11 is 0. The summed E-state index contributed by atoms with van der Waals surface area (Å²) in [5, 5.41) is 12.6. The molecule has 4 heteroatoms. The molecule has 0 fully saturated rings. The molecule has 0 aliphatic rings. The van der Waals surface area contributed by atoms with E-state index in [1.54, 1.807) is 6.08 Å². The van der Waals surface area contributed by atoms with Gasteiger partial charge in [0.15, 0.2) is 0 Å². The van der Waals surface area contributed by atoms with Crippen molar-refractivity contribution in [2.24, 2.45) is 0 Å². The molecule has 0 aliphatic carbocycles. The number of nitrogens with one attached hydrogen (secondary N) is 1. The predicted molar refractivity (Wildman–Crippen MR) is 79.1 cm³/mol. The Labute approximate surface area is 120 Å². The van der Waals surface area contributed by atoms with Crippen LogP contribution in [0, 0.1) is 0 Å². The second kappa shape index (κ2) is 9.28. The first-order chi connectivity index (χ1) is 9.63. The molecule has 0 saturated carbocycles. The Morgan fingerprint density at radius 3 is 2.75 bits per heavy atom. The van der Waals surface area contributed by atoms with Crippen molar-refractivity contribution >= 4 is 5.91 Å². The molecule has 0 aliphatic heterocycles. The normalized spacial score (nSPS) is 13.5. The molecular weight excluding hydrogens is 254 g/mol. The smallest absolute Gasteiger partial charge is 0.217 e. The molecule has 0 bridgehead atoms. The Bertz CT molecular complexity index is 405. The fourth-order valence-corrected chi connectivity index (χ4v) is 1.89. The van der Waals surface area contributed by atoms with E-state index in [1.807, 2.05) is 30.3 Å². The quantitative estimate of drug-likeness (QED) is 0.536. The summed E-state index contributed by atoms with van der Waals surface area (Å²) in [4.78, 5) is 11.0. The van der Waals surface area contributed by atoms with E-state index in [9.17, 15) is 9.90 Å². The van der Waals surface area contributed by atoms with E-state index in [1.165, 1.54) is 6.92 Å². The van der Waals surface area contributed by atoms with Crippen LogP contribution < -0.4 is 5.32 Å². The highest BCUT2D eigenvalue weighted by Crippen LogP contribution is 2.06. The van der Waals surface area contributed by atoms with Gasteiger partial charge >= 0.3 is 0 Å². The van der Waals surface area contributed by atoms with Crippen molar-refractivity contribution < 1.29 is 14.6 Å². The second-order valence-corrected chi connectivity index (χ2v) is 4.71. The lowest BCUT2D eigenvalue weighted by molar-refractivity contribution is -0.120. The number of carbonyl (C=O) groups is 1. The molecule has 110 valence electrons. The van der Waals surface area contributed by atoms with Gasteiger partial charge in [-0.15, -0.1) is 6.58 Å². The third kappa shape index (κ3) is 6.50. The number of amides is 1. The summed E-state index contributed by atoms with van der Waals surface area (Å²) < 4.78 is 5.54. The molecule has 0 spiro atoms. The first-order valence-electron chi connectivity index (χ1n) is 6.83. The molecule has 0 radical (unpaired) electrons. The number of aliphatic hydroxyl groups excluding tert-OH is 1. The van der Waals surface area contributed by atoms with Gasteiger partial charge in [0.1, 0.15) is 0 Å². The fourth-order valence-electron chi connectivity index (χ4n) is 1.89. The highest BCUT2D eigenvalue weighted by Gasteiger charge is 2.16. The lowest BCUT2D eigenvalue weighted by atomic mass is 10.1. The summed E-state index contributed by atoms with van der Waals surface area (Å²) in [6.45, 7) is 6.19. The van der Waals surface area contributed by atoms with E-state index in [0.29, 0.717) is 19.6 Å². The molecule has 0 heterocycles. The molecule has 0 aromatic heterocycles. The molecule has 2 atom stereocenters. The monoisotopic (exact) mass is 277 g/mol. The van der Waals surface area contributed by atoms with Gasteiger partial charge in [-0.25, -0.2) is 0 Å². The van der Waals surface area contributed by atoms with Crippen molar-refractivity contribution in [1.29, 1.82) is 0 Å². The summed E-state index contributed by atoms with van der Waals surface area (Å²) in [7, 11) is 0. The first-order valence-corrected chi connectivity index (χ1v) is 6.83. The van der Waals surface area contributed by atoms with Crippen LogP contribution in [-0.2, 0) is 16.1 Å². The Hall–Kier alpha value is -1.65. The highest BCUT2D eigenvalue weighted by atomic mass is 16.5. The number of aliphatic hydroxyl groups is 1. The van der Waals surface area contributed by atoms with Crippen LogP contribution in [0.1, 0.15) is 25.3 Å². The van der Waals surface area contributed by atoms with Gasteiger partial charge in [0.25, 0.3) is 0 Å². The zero-order valence-corrected chi connectivity index (χ0v) is 11.9. The minimum absolute atomic E-state index is 0.172. The van der Waals surface area contributed by atoms with Crippen molar-refractivity contribution in [1.82, 2.24) is 5.32 Å². The van der Waals surface area contributed by atoms with Crippen LogP contribution in [0.4, 0.5) is 0 Å². The van der Waals surface area contributed by atoms with Crippen LogP contribution in [0.3, 0.4) is 0 Å². The molecule has 1 aromatic carbocycles. The van der Waals surface area contributed by atoms with Gasteiger partial charge < -0.3 is 15.2 Å². The average Bonchev–Trinajstić information content (AvgIpc) is 2.45. The minimum atomic E-state index is -0.628. The summed E-state index contributed by atoms with van der Waals surface area (Å²) in [6.07, 6.45) is 2.22. The van der Waals surface area contributed by atoms with Crippen LogP contribution >= 0.6 is 0 Å². The zero-order valence-electron chi connectivity index (χ0n) is 11.9. The predicted octanol–water partition coefficient (Wildman–Crippen LogP) is 2.03. The molecule has 4 nitrogen and oxygen atoms in total. The van der Waals surface area contributed by atoms with Gasteiger partial charge in [0.05, 0.1) is 18.8 Å². The molecule has 1 rings (SSSR count). The number of carbonyl (C=O) groups excluding carboxylic acids is 1. The Kier molecular flexibility index (Phi) is 7.62. The van der Waals surface area contributed by atoms with Crippen molar-refractivity contribution in [3.63, 3.8) is 0 Å². The van der Waals surface area contributed by atoms with Crippen LogP contribution in [0.5, 0.6) is 0 Å². The fraction of sp³-hybridized carbons (Fsp3) is 0.438. The van der Waals surface area contributed by atoms with E-state index >= 15 is 0 Å². The van der Waals surface area contributed by atoms with E-state index < -0.39 is 12.1 Å². The van der Waals surface area contributed by atoms with Crippen molar-refractivity contribution in [2.45, 2.75) is 38.5 Å². The number of hydrogen-bond acceptors (Lipinski definition) is 3. The van der Waals surface area contributed by atoms with Gasteiger partial charge in [-0.1, -0.05) is 36.4 Å². The van der Waals surface area contributed by atoms with E-state index in [2.05, 4.69) is 11.9 Å². The summed E-state index contributed by atoms with van der Waals surface area (Å²) in [5.41, 5.74) is 1.13. The molecule has 0 saturated heterocycles. The second-order valence-electron chi connectivity index (χ2n) is 4.71. The topological polar surface area (TPSA) is 58.6 Å². The number of rotatable bonds is 9. The third-order valence-corrected chi connectivity index (χ3v) is 2.94. The van der Waals surface area contributed by atoms with Crippen LogP contribution in [-0.4, -0.2) is 29.8 Å². The number of benzene rings is 1. The summed E-state index contributed by atoms with van der Waals surface area (Å²) in [5.74, 6) is -0.172. The minimum Gasteiger partial charge on any atom is -0.391 e. The molecule has 0 unspecified atom stereocenters. The van der Waals surface area contributed by atoms with E-state index in [4.69, 9.17) is 4.74 Å². The van der Waals surface area contributed by atoms with Crippen molar-refractivity contribution in [3.05, 3.63) is 48.6 Å². The van der Waals surface area contributed by atoms with E-state index in [-0.39, 0.29) is 5.91 Å². The third-order valence-electron chi connectivity index (χ3n) is 2.94. The maximum Gasteiger partial charge on any atom is 0.217 e. The van der Waals surface area contributed by atoms with Crippen molar-refractivity contribution in [2.75, 3.05) is 6.61 Å². The standard InChI is InChI=1S/C16H23NO3/c1-3-15(17-13(2)18)16(19)10-7-11-20-12-14-8-5-4-6-9-14/h3-6,8-9,15-16,19H,1,7,10-12H2,2H3,(H,17,18)/t15-,16+/m0/s1. The van der Waals surface area contributed by atoms with Gasteiger partial charge in [-0.2, -0.15) is 0 Å². The lowest BCUT2D eigenvalue weighted by Gasteiger charge is -2.20. The van der Waals surface area contributed by atoms with Gasteiger partial charge in [-0.3, -0.25) is 4.79 Å². The zero-order chi connectivity index (χ0) is 14.8.